The number of aromatic nitrogens is 1. The number of halogens is 1. The number of ether oxygens (including phenoxy) is 1. The molecule has 1 saturated heterocycles. The van der Waals surface area contributed by atoms with Crippen LogP contribution >= 0.6 is 27.3 Å². The number of sulfonamides is 1. The molecule has 1 aliphatic rings. The molecule has 0 amide bonds. The summed E-state index contributed by atoms with van der Waals surface area (Å²) in [7, 11) is -2.11. The molecule has 154 valence electrons. The zero-order valence-corrected chi connectivity index (χ0v) is 19.8. The van der Waals surface area contributed by atoms with Crippen molar-refractivity contribution in [2.45, 2.75) is 37.6 Å². The minimum Gasteiger partial charge on any atom is -0.495 e. The predicted molar refractivity (Wildman–Crippen MR) is 116 cm³/mol. The lowest BCUT2D eigenvalue weighted by molar-refractivity contribution is 0.180. The standard InChI is InChI=1S/C19H26BrN3O3S2/c1-19(2,3)18-21-15(13-27-18)12-22-7-9-23(10-8-22)28(24,25)17-11-14(20)5-6-16(17)26-4/h5-6,11,13H,7-10,12H2,1-4H3. The maximum atomic E-state index is 13.1. The van der Waals surface area contributed by atoms with Gasteiger partial charge in [0.1, 0.15) is 10.6 Å². The summed E-state index contributed by atoms with van der Waals surface area (Å²) in [6.45, 7) is 9.50. The Morgan fingerprint density at radius 1 is 1.21 bits per heavy atom. The third kappa shape index (κ3) is 4.76. The maximum Gasteiger partial charge on any atom is 0.246 e. The molecule has 0 atom stereocenters. The molecule has 28 heavy (non-hydrogen) atoms. The average molecular weight is 488 g/mol. The molecule has 1 aromatic carbocycles. The molecular weight excluding hydrogens is 462 g/mol. The Kier molecular flexibility index (Phi) is 6.51. The largest absolute Gasteiger partial charge is 0.495 e. The predicted octanol–water partition coefficient (Wildman–Crippen LogP) is 3.72. The Labute approximate surface area is 179 Å². The van der Waals surface area contributed by atoms with Gasteiger partial charge in [-0.1, -0.05) is 36.7 Å². The quantitative estimate of drug-likeness (QED) is 0.642. The van der Waals surface area contributed by atoms with E-state index in [2.05, 4.69) is 47.0 Å². The molecule has 9 heteroatoms. The fourth-order valence-corrected chi connectivity index (χ4v) is 6.09. The van der Waals surface area contributed by atoms with Crippen LogP contribution in [0.2, 0.25) is 0 Å². The molecule has 0 spiro atoms. The lowest BCUT2D eigenvalue weighted by Crippen LogP contribution is -2.48. The van der Waals surface area contributed by atoms with E-state index >= 15 is 0 Å². The highest BCUT2D eigenvalue weighted by molar-refractivity contribution is 9.10. The summed E-state index contributed by atoms with van der Waals surface area (Å²) in [5, 5.41) is 3.24. The molecule has 0 bridgehead atoms. The molecule has 0 unspecified atom stereocenters. The van der Waals surface area contributed by atoms with Gasteiger partial charge in [0.25, 0.3) is 0 Å². The van der Waals surface area contributed by atoms with Gasteiger partial charge in [-0.2, -0.15) is 4.31 Å². The van der Waals surface area contributed by atoms with Crippen LogP contribution in [-0.2, 0) is 22.0 Å². The topological polar surface area (TPSA) is 62.7 Å². The molecule has 0 N–H and O–H groups in total. The van der Waals surface area contributed by atoms with Gasteiger partial charge >= 0.3 is 0 Å². The van der Waals surface area contributed by atoms with E-state index in [1.165, 1.54) is 11.4 Å². The first-order valence-corrected chi connectivity index (χ1v) is 12.2. The zero-order chi connectivity index (χ0) is 20.5. The molecular formula is C19H26BrN3O3S2. The van der Waals surface area contributed by atoms with Crippen LogP contribution in [0.1, 0.15) is 31.5 Å². The summed E-state index contributed by atoms with van der Waals surface area (Å²) < 4.78 is 33.7. The average Bonchev–Trinajstić information content (AvgIpc) is 3.11. The van der Waals surface area contributed by atoms with Gasteiger partial charge in [-0.05, 0) is 18.2 Å². The third-order valence-electron chi connectivity index (χ3n) is 4.65. The zero-order valence-electron chi connectivity index (χ0n) is 16.6. The summed E-state index contributed by atoms with van der Waals surface area (Å²) in [6, 6.07) is 5.04. The van der Waals surface area contributed by atoms with Gasteiger partial charge in [0.05, 0.1) is 17.8 Å². The minimum absolute atomic E-state index is 0.0543. The van der Waals surface area contributed by atoms with Crippen LogP contribution in [0.5, 0.6) is 5.75 Å². The van der Waals surface area contributed by atoms with Crippen molar-refractivity contribution in [3.8, 4) is 5.75 Å². The summed E-state index contributed by atoms with van der Waals surface area (Å²) in [4.78, 5) is 7.20. The van der Waals surface area contributed by atoms with Crippen molar-refractivity contribution in [1.29, 1.82) is 0 Å². The first-order valence-electron chi connectivity index (χ1n) is 9.12. The van der Waals surface area contributed by atoms with Crippen LogP contribution in [0.15, 0.2) is 32.9 Å². The highest BCUT2D eigenvalue weighted by Crippen LogP contribution is 2.30. The smallest absolute Gasteiger partial charge is 0.246 e. The molecule has 1 aliphatic heterocycles. The molecule has 0 aliphatic carbocycles. The van der Waals surface area contributed by atoms with Crippen molar-refractivity contribution < 1.29 is 13.2 Å². The van der Waals surface area contributed by atoms with Crippen LogP contribution < -0.4 is 4.74 Å². The lowest BCUT2D eigenvalue weighted by Gasteiger charge is -2.33. The van der Waals surface area contributed by atoms with Gasteiger partial charge in [0, 0.05) is 48.0 Å². The molecule has 0 saturated carbocycles. The number of benzene rings is 1. The van der Waals surface area contributed by atoms with Gasteiger partial charge in [-0.3, -0.25) is 4.90 Å². The van der Waals surface area contributed by atoms with E-state index in [0.29, 0.717) is 36.4 Å². The van der Waals surface area contributed by atoms with E-state index in [1.807, 2.05) is 0 Å². The number of hydrogen-bond donors (Lipinski definition) is 0. The number of hydrogen-bond acceptors (Lipinski definition) is 6. The number of piperazine rings is 1. The Bertz CT molecular complexity index is 930. The highest BCUT2D eigenvalue weighted by Gasteiger charge is 2.31. The van der Waals surface area contributed by atoms with Crippen molar-refractivity contribution >= 4 is 37.3 Å². The molecule has 0 radical (unpaired) electrons. The molecule has 1 aromatic heterocycles. The summed E-state index contributed by atoms with van der Waals surface area (Å²) in [5.74, 6) is 0.364. The summed E-state index contributed by atoms with van der Waals surface area (Å²) in [6.07, 6.45) is 0. The Morgan fingerprint density at radius 2 is 1.89 bits per heavy atom. The van der Waals surface area contributed by atoms with Gasteiger partial charge in [0.15, 0.2) is 0 Å². The summed E-state index contributed by atoms with van der Waals surface area (Å²) >= 11 is 5.04. The highest BCUT2D eigenvalue weighted by atomic mass is 79.9. The van der Waals surface area contributed by atoms with E-state index < -0.39 is 10.0 Å². The molecule has 2 aromatic rings. The van der Waals surface area contributed by atoms with Gasteiger partial charge in [-0.15, -0.1) is 11.3 Å². The second-order valence-electron chi connectivity index (χ2n) is 7.87. The van der Waals surface area contributed by atoms with Crippen LogP contribution in [0.25, 0.3) is 0 Å². The number of rotatable bonds is 5. The second kappa shape index (κ2) is 8.39. The molecule has 2 heterocycles. The SMILES string of the molecule is COc1ccc(Br)cc1S(=O)(=O)N1CCN(Cc2csc(C(C)(C)C)n2)CC1. The van der Waals surface area contributed by atoms with E-state index in [4.69, 9.17) is 9.72 Å². The van der Waals surface area contributed by atoms with Crippen molar-refractivity contribution in [3.05, 3.63) is 38.8 Å². The molecule has 1 fully saturated rings. The van der Waals surface area contributed by atoms with E-state index in [1.54, 1.807) is 29.5 Å². The van der Waals surface area contributed by atoms with Crippen LogP contribution in [0, 0.1) is 0 Å². The normalized spacial score (nSPS) is 17.0. The fraction of sp³-hybridized carbons (Fsp3) is 0.526. The number of thiazole rings is 1. The first-order chi connectivity index (χ1) is 13.1. The van der Waals surface area contributed by atoms with Crippen LogP contribution in [0.4, 0.5) is 0 Å². The van der Waals surface area contributed by atoms with Crippen molar-refractivity contribution in [3.63, 3.8) is 0 Å². The van der Waals surface area contributed by atoms with Crippen molar-refractivity contribution in [2.75, 3.05) is 33.3 Å². The first kappa shape index (κ1) is 21.7. The monoisotopic (exact) mass is 487 g/mol. The van der Waals surface area contributed by atoms with Crippen molar-refractivity contribution in [1.82, 2.24) is 14.2 Å². The maximum absolute atomic E-state index is 13.1. The van der Waals surface area contributed by atoms with Gasteiger partial charge in [0.2, 0.25) is 10.0 Å². The van der Waals surface area contributed by atoms with E-state index in [-0.39, 0.29) is 10.3 Å². The Hall–Kier alpha value is -1.00. The van der Waals surface area contributed by atoms with Crippen molar-refractivity contribution in [2.24, 2.45) is 0 Å². The minimum atomic E-state index is -3.60. The van der Waals surface area contributed by atoms with Gasteiger partial charge in [-0.25, -0.2) is 13.4 Å². The Balaban J connectivity index is 1.66. The second-order valence-corrected chi connectivity index (χ2v) is 11.5. The third-order valence-corrected chi connectivity index (χ3v) is 8.38. The molecule has 3 rings (SSSR count). The van der Waals surface area contributed by atoms with Gasteiger partial charge < -0.3 is 4.74 Å². The van der Waals surface area contributed by atoms with Crippen LogP contribution in [-0.4, -0.2) is 55.9 Å². The number of nitrogens with zero attached hydrogens (tertiary/aromatic N) is 3. The lowest BCUT2D eigenvalue weighted by atomic mass is 9.98. The number of methoxy groups -OCH3 is 1. The summed E-state index contributed by atoms with van der Waals surface area (Å²) in [5.41, 5.74) is 1.11. The Morgan fingerprint density at radius 3 is 2.46 bits per heavy atom. The van der Waals surface area contributed by atoms with E-state index in [9.17, 15) is 8.42 Å². The fourth-order valence-electron chi connectivity index (χ4n) is 3.07. The van der Waals surface area contributed by atoms with Crippen LogP contribution in [0.3, 0.4) is 0 Å². The molecule has 6 nitrogen and oxygen atoms in total. The van der Waals surface area contributed by atoms with E-state index in [0.717, 1.165) is 17.2 Å².